The predicted molar refractivity (Wildman–Crippen MR) is 162 cm³/mol. The molecule has 0 amide bonds. The van der Waals surface area contributed by atoms with Crippen molar-refractivity contribution < 1.29 is 5.48 Å². The van der Waals surface area contributed by atoms with E-state index in [9.17, 15) is 0 Å². The zero-order valence-electron chi connectivity index (χ0n) is 21.6. The Labute approximate surface area is 234 Å². The van der Waals surface area contributed by atoms with Gasteiger partial charge in [-0.05, 0) is 47.0 Å². The van der Waals surface area contributed by atoms with Crippen LogP contribution in [0.2, 0.25) is 0 Å². The van der Waals surface area contributed by atoms with E-state index >= 15 is 0 Å². The SMILES string of the molecule is [OH-].c1ccc([S+](c2ccccc2)c2ccccc2C(c2ccccc2)(c2ccccc2)c2ccccc2)cc1. The van der Waals surface area contributed by atoms with Crippen molar-refractivity contribution >= 4 is 10.9 Å². The lowest BCUT2D eigenvalue weighted by Crippen LogP contribution is -2.32. The molecule has 0 aliphatic carbocycles. The van der Waals surface area contributed by atoms with Gasteiger partial charge < -0.3 is 5.48 Å². The standard InChI is InChI=1S/C37H29S.H2O/c1-6-18-30(19-7-1)37(31-20-8-2-9-21-31,32-22-10-3-11-23-32)35-28-16-17-29-36(35)38(33-24-12-4-13-25-33)34-26-14-5-15-27-34;/h1-29H;1H2/q+1;/p-1. The quantitative estimate of drug-likeness (QED) is 0.152. The monoisotopic (exact) mass is 522 g/mol. The normalized spacial score (nSPS) is 11.1. The van der Waals surface area contributed by atoms with Crippen molar-refractivity contribution in [2.24, 2.45) is 0 Å². The highest BCUT2D eigenvalue weighted by molar-refractivity contribution is 7.97. The Morgan fingerprint density at radius 2 is 0.641 bits per heavy atom. The molecule has 6 aromatic rings. The van der Waals surface area contributed by atoms with E-state index in [4.69, 9.17) is 0 Å². The summed E-state index contributed by atoms with van der Waals surface area (Å²) in [6.07, 6.45) is 0. The Morgan fingerprint density at radius 1 is 0.333 bits per heavy atom. The highest BCUT2D eigenvalue weighted by atomic mass is 32.2. The first kappa shape index (κ1) is 26.2. The Hall–Kier alpha value is -4.37. The second-order valence-corrected chi connectivity index (χ2v) is 11.3. The minimum absolute atomic E-state index is 0. The van der Waals surface area contributed by atoms with Crippen LogP contribution >= 0.6 is 0 Å². The first-order chi connectivity index (χ1) is 18.9. The van der Waals surface area contributed by atoms with Gasteiger partial charge in [-0.15, -0.1) is 0 Å². The molecule has 0 aliphatic heterocycles. The zero-order chi connectivity index (χ0) is 25.6. The van der Waals surface area contributed by atoms with Crippen LogP contribution in [0.1, 0.15) is 22.3 Å². The topological polar surface area (TPSA) is 30.0 Å². The Kier molecular flexibility index (Phi) is 8.07. The van der Waals surface area contributed by atoms with Crippen molar-refractivity contribution in [1.82, 2.24) is 0 Å². The average Bonchev–Trinajstić information content (AvgIpc) is 3.01. The minimum atomic E-state index is -0.491. The summed E-state index contributed by atoms with van der Waals surface area (Å²) in [5, 5.41) is 0. The molecule has 6 aromatic carbocycles. The molecular weight excluding hydrogens is 492 g/mol. The Bertz CT molecular complexity index is 1450. The lowest BCUT2D eigenvalue weighted by Gasteiger charge is -2.37. The van der Waals surface area contributed by atoms with Gasteiger partial charge >= 0.3 is 0 Å². The van der Waals surface area contributed by atoms with Crippen LogP contribution in [0.15, 0.2) is 191 Å². The third-order valence-corrected chi connectivity index (χ3v) is 9.37. The van der Waals surface area contributed by atoms with Crippen molar-refractivity contribution in [3.05, 3.63) is 198 Å². The van der Waals surface area contributed by atoms with E-state index < -0.39 is 5.41 Å². The van der Waals surface area contributed by atoms with Gasteiger partial charge in [-0.1, -0.05) is 146 Å². The molecule has 0 atom stereocenters. The third kappa shape index (κ3) is 4.93. The van der Waals surface area contributed by atoms with Crippen LogP contribution in [0.3, 0.4) is 0 Å². The van der Waals surface area contributed by atoms with E-state index in [1.54, 1.807) is 0 Å². The summed E-state index contributed by atoms with van der Waals surface area (Å²) in [5.41, 5.74) is 4.59. The van der Waals surface area contributed by atoms with Gasteiger partial charge in [-0.2, -0.15) is 0 Å². The first-order valence-corrected chi connectivity index (χ1v) is 14.2. The van der Waals surface area contributed by atoms with Crippen LogP contribution in [0.4, 0.5) is 0 Å². The van der Waals surface area contributed by atoms with Gasteiger partial charge in [0, 0.05) is 5.56 Å². The van der Waals surface area contributed by atoms with Gasteiger partial charge in [0.05, 0.1) is 16.3 Å². The molecule has 0 bridgehead atoms. The molecule has 0 saturated heterocycles. The predicted octanol–water partition coefficient (Wildman–Crippen LogP) is 8.99. The summed E-state index contributed by atoms with van der Waals surface area (Å²) >= 11 is 0. The summed E-state index contributed by atoms with van der Waals surface area (Å²) in [7, 11) is -0.294. The molecule has 6 rings (SSSR count). The molecule has 1 N–H and O–H groups in total. The number of hydrogen-bond acceptors (Lipinski definition) is 1. The van der Waals surface area contributed by atoms with Gasteiger partial charge in [0.15, 0.2) is 14.7 Å². The fourth-order valence-electron chi connectivity index (χ4n) is 5.49. The van der Waals surface area contributed by atoms with Crippen molar-refractivity contribution in [3.8, 4) is 0 Å². The lowest BCUT2D eigenvalue weighted by molar-refractivity contribution is 0.726. The smallest absolute Gasteiger partial charge is 0.171 e. The minimum Gasteiger partial charge on any atom is -0.870 e. The highest BCUT2D eigenvalue weighted by Gasteiger charge is 2.44. The summed E-state index contributed by atoms with van der Waals surface area (Å²) in [5.74, 6) is 0. The van der Waals surface area contributed by atoms with E-state index in [1.807, 2.05) is 0 Å². The van der Waals surface area contributed by atoms with E-state index in [0.717, 1.165) is 0 Å². The number of benzene rings is 6. The molecule has 0 spiro atoms. The first-order valence-electron chi connectivity index (χ1n) is 13.0. The maximum absolute atomic E-state index is 2.34. The molecule has 0 heterocycles. The summed E-state index contributed by atoms with van der Waals surface area (Å²) < 4.78 is 0. The molecule has 190 valence electrons. The average molecular weight is 523 g/mol. The van der Waals surface area contributed by atoms with Gasteiger partial charge in [-0.25, -0.2) is 0 Å². The largest absolute Gasteiger partial charge is 0.870 e. The second kappa shape index (κ2) is 12.0. The van der Waals surface area contributed by atoms with Crippen LogP contribution in [0.25, 0.3) is 0 Å². The number of rotatable bonds is 7. The van der Waals surface area contributed by atoms with Crippen LogP contribution in [0.5, 0.6) is 0 Å². The van der Waals surface area contributed by atoms with Crippen LogP contribution in [0, 0.1) is 0 Å². The number of hydrogen-bond donors (Lipinski definition) is 0. The van der Waals surface area contributed by atoms with Gasteiger partial charge in [0.1, 0.15) is 0 Å². The van der Waals surface area contributed by atoms with Crippen molar-refractivity contribution in [2.75, 3.05) is 0 Å². The molecule has 39 heavy (non-hydrogen) atoms. The molecule has 0 fully saturated rings. The van der Waals surface area contributed by atoms with Crippen molar-refractivity contribution in [2.45, 2.75) is 20.1 Å². The highest BCUT2D eigenvalue weighted by Crippen LogP contribution is 2.49. The molecule has 0 saturated carbocycles. The van der Waals surface area contributed by atoms with Crippen molar-refractivity contribution in [3.63, 3.8) is 0 Å². The Morgan fingerprint density at radius 3 is 1.03 bits per heavy atom. The van der Waals surface area contributed by atoms with Crippen molar-refractivity contribution in [1.29, 1.82) is 0 Å². The Balaban J connectivity index is 0.00000308. The fraction of sp³-hybridized carbons (Fsp3) is 0.0270. The van der Waals surface area contributed by atoms with E-state index in [1.165, 1.54) is 36.9 Å². The summed E-state index contributed by atoms with van der Waals surface area (Å²) in [4.78, 5) is 3.96. The molecule has 0 radical (unpaired) electrons. The molecule has 2 heteroatoms. The lowest BCUT2D eigenvalue weighted by atomic mass is 9.65. The van der Waals surface area contributed by atoms with Gasteiger partial charge in [0.25, 0.3) is 0 Å². The maximum atomic E-state index is 2.34. The van der Waals surface area contributed by atoms with Gasteiger partial charge in [-0.3, -0.25) is 0 Å². The second-order valence-electron chi connectivity index (χ2n) is 9.28. The van der Waals surface area contributed by atoms with E-state index in [2.05, 4.69) is 176 Å². The van der Waals surface area contributed by atoms with E-state index in [0.29, 0.717) is 0 Å². The van der Waals surface area contributed by atoms with Crippen LogP contribution < -0.4 is 0 Å². The van der Waals surface area contributed by atoms with Crippen LogP contribution in [-0.2, 0) is 16.3 Å². The summed E-state index contributed by atoms with van der Waals surface area (Å²) in [6, 6.07) is 63.9. The fourth-order valence-corrected chi connectivity index (χ4v) is 7.78. The zero-order valence-corrected chi connectivity index (χ0v) is 22.4. The third-order valence-electron chi connectivity index (χ3n) is 7.09. The maximum Gasteiger partial charge on any atom is 0.171 e. The molecule has 1 nitrogen and oxygen atoms in total. The molecule has 0 aliphatic rings. The molecule has 0 aromatic heterocycles. The molecular formula is C37H30OS. The van der Waals surface area contributed by atoms with Gasteiger partial charge in [0.2, 0.25) is 0 Å². The molecule has 0 unspecified atom stereocenters. The van der Waals surface area contributed by atoms with Crippen LogP contribution in [-0.4, -0.2) is 5.48 Å². The summed E-state index contributed by atoms with van der Waals surface area (Å²) in [6.45, 7) is 0. The van der Waals surface area contributed by atoms with E-state index in [-0.39, 0.29) is 16.4 Å².